The Morgan fingerprint density at radius 1 is 1.16 bits per heavy atom. The zero-order valence-corrected chi connectivity index (χ0v) is 12.2. The van der Waals surface area contributed by atoms with Crippen LogP contribution < -0.4 is 0 Å². The minimum atomic E-state index is -0.455. The molecule has 0 amide bonds. The van der Waals surface area contributed by atoms with Gasteiger partial charge < -0.3 is 10.0 Å². The first-order valence-electron chi connectivity index (χ1n) is 7.28. The highest BCUT2D eigenvalue weighted by Gasteiger charge is 2.34. The minimum Gasteiger partial charge on any atom is -0.388 e. The number of likely N-dealkylation sites (tertiary alicyclic amines) is 2. The van der Waals surface area contributed by atoms with Crippen LogP contribution in [-0.2, 0) is 6.54 Å². The van der Waals surface area contributed by atoms with Crippen LogP contribution in [0.5, 0.6) is 0 Å². The van der Waals surface area contributed by atoms with E-state index in [0.717, 1.165) is 44.7 Å². The summed E-state index contributed by atoms with van der Waals surface area (Å²) in [6, 6.07) is 0. The second-order valence-corrected chi connectivity index (χ2v) is 6.68. The Balaban J connectivity index is 1.47. The third-order valence-electron chi connectivity index (χ3n) is 4.37. The molecule has 0 unspecified atom stereocenters. The molecule has 0 bridgehead atoms. The van der Waals surface area contributed by atoms with E-state index in [4.69, 9.17) is 0 Å². The van der Waals surface area contributed by atoms with Crippen LogP contribution in [0.15, 0.2) is 10.9 Å². The van der Waals surface area contributed by atoms with E-state index in [-0.39, 0.29) is 0 Å². The van der Waals surface area contributed by atoms with Gasteiger partial charge in [0.05, 0.1) is 16.8 Å². The molecule has 0 aliphatic carbocycles. The summed E-state index contributed by atoms with van der Waals surface area (Å²) in [6.07, 6.45) is 4.39. The van der Waals surface area contributed by atoms with E-state index in [1.54, 1.807) is 11.3 Å². The van der Waals surface area contributed by atoms with Gasteiger partial charge >= 0.3 is 0 Å². The molecule has 3 heterocycles. The monoisotopic (exact) mass is 281 g/mol. The van der Waals surface area contributed by atoms with Gasteiger partial charge in [0.15, 0.2) is 0 Å². The summed E-state index contributed by atoms with van der Waals surface area (Å²) in [5.41, 5.74) is 2.60. The number of hydrogen-bond acceptors (Lipinski definition) is 5. The number of aromatic nitrogens is 1. The van der Waals surface area contributed by atoms with Gasteiger partial charge in [-0.3, -0.25) is 4.90 Å². The average molecular weight is 281 g/mol. The topological polar surface area (TPSA) is 39.6 Å². The summed E-state index contributed by atoms with van der Waals surface area (Å²) in [6.45, 7) is 6.13. The number of β-amino-alcohol motifs (C(OH)–C–C–N with tert-alkyl or cyclic N) is 1. The van der Waals surface area contributed by atoms with Gasteiger partial charge in [-0.1, -0.05) is 0 Å². The highest BCUT2D eigenvalue weighted by atomic mass is 32.1. The summed E-state index contributed by atoms with van der Waals surface area (Å²) in [5, 5.41) is 12.8. The molecule has 5 heteroatoms. The molecule has 3 rings (SSSR count). The number of piperidine rings is 1. The van der Waals surface area contributed by atoms with E-state index < -0.39 is 5.60 Å². The van der Waals surface area contributed by atoms with Crippen LogP contribution in [0.1, 0.15) is 31.4 Å². The van der Waals surface area contributed by atoms with Crippen molar-refractivity contribution < 1.29 is 5.11 Å². The van der Waals surface area contributed by atoms with Crippen LogP contribution in [0, 0.1) is 0 Å². The summed E-state index contributed by atoms with van der Waals surface area (Å²) >= 11 is 1.66. The fourth-order valence-electron chi connectivity index (χ4n) is 3.19. The fourth-order valence-corrected chi connectivity index (χ4v) is 3.74. The Hall–Kier alpha value is -0.490. The Morgan fingerprint density at radius 2 is 1.89 bits per heavy atom. The first-order valence-corrected chi connectivity index (χ1v) is 8.22. The predicted octanol–water partition coefficient (Wildman–Crippen LogP) is 1.57. The highest BCUT2D eigenvalue weighted by molar-refractivity contribution is 7.07. The maximum atomic E-state index is 10.7. The van der Waals surface area contributed by atoms with E-state index in [1.807, 2.05) is 5.51 Å². The minimum absolute atomic E-state index is 0.455. The predicted molar refractivity (Wildman–Crippen MR) is 77.2 cm³/mol. The standard InChI is InChI=1S/C14H23N3OS/c18-14(11-17-5-1-2-6-17)3-7-16(8-4-14)9-13-10-19-12-15-13/h10,12,18H,1-9,11H2. The van der Waals surface area contributed by atoms with Crippen molar-refractivity contribution >= 4 is 11.3 Å². The summed E-state index contributed by atoms with van der Waals surface area (Å²) in [4.78, 5) is 9.17. The van der Waals surface area contributed by atoms with Gasteiger partial charge in [-0.25, -0.2) is 4.98 Å². The van der Waals surface area contributed by atoms with Crippen molar-refractivity contribution in [2.24, 2.45) is 0 Å². The molecule has 2 saturated heterocycles. The highest BCUT2D eigenvalue weighted by Crippen LogP contribution is 2.25. The molecule has 4 nitrogen and oxygen atoms in total. The van der Waals surface area contributed by atoms with Gasteiger partial charge in [-0.05, 0) is 38.8 Å². The molecular weight excluding hydrogens is 258 g/mol. The SMILES string of the molecule is OC1(CN2CCCC2)CCN(Cc2cscn2)CC1. The lowest BCUT2D eigenvalue weighted by Gasteiger charge is -2.40. The quantitative estimate of drug-likeness (QED) is 0.909. The zero-order valence-electron chi connectivity index (χ0n) is 11.4. The molecule has 0 atom stereocenters. The molecule has 2 aliphatic rings. The van der Waals surface area contributed by atoms with Gasteiger partial charge in [0.25, 0.3) is 0 Å². The number of hydrogen-bond donors (Lipinski definition) is 1. The lowest BCUT2D eigenvalue weighted by atomic mass is 9.91. The molecule has 2 aliphatic heterocycles. The molecular formula is C14H23N3OS. The van der Waals surface area contributed by atoms with E-state index in [0.29, 0.717) is 0 Å². The lowest BCUT2D eigenvalue weighted by molar-refractivity contribution is -0.0432. The normalized spacial score (nSPS) is 24.9. The zero-order chi connectivity index (χ0) is 13.1. The van der Waals surface area contributed by atoms with E-state index in [1.165, 1.54) is 25.9 Å². The van der Waals surface area contributed by atoms with Crippen molar-refractivity contribution in [1.82, 2.24) is 14.8 Å². The van der Waals surface area contributed by atoms with Crippen molar-refractivity contribution in [1.29, 1.82) is 0 Å². The Labute approximate surface area is 119 Å². The number of thiazole rings is 1. The third kappa shape index (κ3) is 3.54. The first-order chi connectivity index (χ1) is 9.23. The van der Waals surface area contributed by atoms with Crippen molar-refractivity contribution in [3.8, 4) is 0 Å². The molecule has 2 fully saturated rings. The molecule has 1 aromatic heterocycles. The number of rotatable bonds is 4. The first kappa shape index (κ1) is 13.5. The van der Waals surface area contributed by atoms with Crippen molar-refractivity contribution in [2.45, 2.75) is 37.8 Å². The molecule has 0 aromatic carbocycles. The van der Waals surface area contributed by atoms with Crippen LogP contribution in [0.2, 0.25) is 0 Å². The van der Waals surface area contributed by atoms with Crippen molar-refractivity contribution in [3.05, 3.63) is 16.6 Å². The maximum absolute atomic E-state index is 10.7. The molecule has 0 radical (unpaired) electrons. The van der Waals surface area contributed by atoms with Crippen LogP contribution in [0.25, 0.3) is 0 Å². The van der Waals surface area contributed by atoms with Crippen molar-refractivity contribution in [2.75, 3.05) is 32.7 Å². The van der Waals surface area contributed by atoms with Crippen molar-refractivity contribution in [3.63, 3.8) is 0 Å². The average Bonchev–Trinajstić information content (AvgIpc) is 3.06. The lowest BCUT2D eigenvalue weighted by Crippen LogP contribution is -2.50. The Bertz CT molecular complexity index is 381. The second kappa shape index (κ2) is 5.87. The molecule has 1 N–H and O–H groups in total. The van der Waals surface area contributed by atoms with Gasteiger partial charge in [-0.2, -0.15) is 0 Å². The van der Waals surface area contributed by atoms with Gasteiger partial charge in [0, 0.05) is 31.6 Å². The largest absolute Gasteiger partial charge is 0.388 e. The maximum Gasteiger partial charge on any atom is 0.0798 e. The number of aliphatic hydroxyl groups is 1. The fraction of sp³-hybridized carbons (Fsp3) is 0.786. The molecule has 19 heavy (non-hydrogen) atoms. The van der Waals surface area contributed by atoms with Gasteiger partial charge in [-0.15, -0.1) is 11.3 Å². The second-order valence-electron chi connectivity index (χ2n) is 5.96. The van der Waals surface area contributed by atoms with Crippen LogP contribution >= 0.6 is 11.3 Å². The summed E-state index contributed by atoms with van der Waals surface area (Å²) < 4.78 is 0. The Morgan fingerprint density at radius 3 is 2.53 bits per heavy atom. The van der Waals surface area contributed by atoms with E-state index in [2.05, 4.69) is 20.2 Å². The van der Waals surface area contributed by atoms with Crippen LogP contribution in [0.4, 0.5) is 0 Å². The molecule has 106 valence electrons. The van der Waals surface area contributed by atoms with Crippen LogP contribution in [0.3, 0.4) is 0 Å². The molecule has 0 saturated carbocycles. The summed E-state index contributed by atoms with van der Waals surface area (Å²) in [5.74, 6) is 0. The van der Waals surface area contributed by atoms with E-state index in [9.17, 15) is 5.11 Å². The number of nitrogens with zero attached hydrogens (tertiary/aromatic N) is 3. The molecule has 0 spiro atoms. The molecule has 1 aromatic rings. The van der Waals surface area contributed by atoms with Gasteiger partial charge in [0.1, 0.15) is 0 Å². The summed E-state index contributed by atoms with van der Waals surface area (Å²) in [7, 11) is 0. The van der Waals surface area contributed by atoms with E-state index >= 15 is 0 Å². The van der Waals surface area contributed by atoms with Gasteiger partial charge in [0.2, 0.25) is 0 Å². The third-order valence-corrected chi connectivity index (χ3v) is 5.01. The smallest absolute Gasteiger partial charge is 0.0798 e. The Kier molecular flexibility index (Phi) is 4.17. The van der Waals surface area contributed by atoms with Crippen LogP contribution in [-0.4, -0.2) is 58.2 Å².